The standard InChI is InChI=1S/C24H25ClF3NO6S/c1-11(30)22(31)24(33)13-3-4-14(24)8-16(7-13)36(34,35)20-6-12(2-5-17(20)25)23(32)29-15-9-18(26)21(28)19(27)10-15/h2,5-6,9-11,13-14,16,22,30-31,33H,3-4,7-8H2,1H3,(H,29,32)/t11-,13-,14+,16-,22+,24-/m0/s1. The highest BCUT2D eigenvalue weighted by Crippen LogP contribution is 2.54. The lowest BCUT2D eigenvalue weighted by atomic mass is 9.70. The summed E-state index contributed by atoms with van der Waals surface area (Å²) in [5, 5.41) is 32.5. The quantitative estimate of drug-likeness (QED) is 0.411. The third-order valence-electron chi connectivity index (χ3n) is 7.38. The second-order valence-electron chi connectivity index (χ2n) is 9.54. The van der Waals surface area contributed by atoms with Crippen LogP contribution in [0.1, 0.15) is 43.0 Å². The van der Waals surface area contributed by atoms with E-state index in [-0.39, 0.29) is 34.0 Å². The van der Waals surface area contributed by atoms with Crippen molar-refractivity contribution in [2.75, 3.05) is 5.32 Å². The zero-order chi connectivity index (χ0) is 26.6. The summed E-state index contributed by atoms with van der Waals surface area (Å²) < 4.78 is 67.2. The van der Waals surface area contributed by atoms with Gasteiger partial charge in [0.2, 0.25) is 0 Å². The molecule has 36 heavy (non-hydrogen) atoms. The van der Waals surface area contributed by atoms with Gasteiger partial charge in [0.25, 0.3) is 5.91 Å². The van der Waals surface area contributed by atoms with E-state index in [1.807, 2.05) is 0 Å². The first-order chi connectivity index (χ1) is 16.8. The van der Waals surface area contributed by atoms with Gasteiger partial charge in [0.15, 0.2) is 27.3 Å². The molecule has 0 saturated heterocycles. The highest BCUT2D eigenvalue weighted by Gasteiger charge is 2.59. The van der Waals surface area contributed by atoms with Gasteiger partial charge < -0.3 is 20.6 Å². The van der Waals surface area contributed by atoms with Crippen LogP contribution >= 0.6 is 11.6 Å². The Hall–Kier alpha value is -2.18. The first kappa shape index (κ1) is 26.9. The van der Waals surface area contributed by atoms with E-state index in [0.717, 1.165) is 6.07 Å². The number of hydrogen-bond donors (Lipinski definition) is 4. The van der Waals surface area contributed by atoms with Gasteiger partial charge in [0.05, 0.1) is 26.9 Å². The minimum absolute atomic E-state index is 0.0278. The molecule has 4 rings (SSSR count). The van der Waals surface area contributed by atoms with Gasteiger partial charge in [0.1, 0.15) is 6.10 Å². The number of nitrogens with one attached hydrogen (secondary N) is 1. The molecule has 2 saturated carbocycles. The maximum Gasteiger partial charge on any atom is 0.255 e. The van der Waals surface area contributed by atoms with Crippen LogP contribution in [-0.4, -0.2) is 52.7 Å². The lowest BCUT2D eigenvalue weighted by Crippen LogP contribution is -2.58. The van der Waals surface area contributed by atoms with E-state index < -0.39 is 68.1 Å². The summed E-state index contributed by atoms with van der Waals surface area (Å²) in [6.07, 6.45) is -1.59. The van der Waals surface area contributed by atoms with Crippen LogP contribution in [0.2, 0.25) is 5.02 Å². The second kappa shape index (κ2) is 9.60. The van der Waals surface area contributed by atoms with Crippen LogP contribution in [0.15, 0.2) is 35.2 Å². The molecular formula is C24H25ClF3NO6S. The normalized spacial score (nSPS) is 27.5. The Labute approximate surface area is 210 Å². The van der Waals surface area contributed by atoms with Gasteiger partial charge in [-0.3, -0.25) is 4.79 Å². The Bertz CT molecular complexity index is 1270. The van der Waals surface area contributed by atoms with E-state index in [9.17, 15) is 41.7 Å². The number of fused-ring (bicyclic) bond motifs is 2. The Balaban J connectivity index is 1.59. The van der Waals surface area contributed by atoms with E-state index in [0.29, 0.717) is 25.0 Å². The smallest absolute Gasteiger partial charge is 0.255 e. The van der Waals surface area contributed by atoms with E-state index in [2.05, 4.69) is 5.32 Å². The fourth-order valence-corrected chi connectivity index (χ4v) is 7.94. The van der Waals surface area contributed by atoms with Crippen molar-refractivity contribution in [1.29, 1.82) is 0 Å². The fraction of sp³-hybridized carbons (Fsp3) is 0.458. The molecule has 0 unspecified atom stereocenters. The molecular weight excluding hydrogens is 523 g/mol. The van der Waals surface area contributed by atoms with Crippen molar-refractivity contribution in [2.45, 2.75) is 60.6 Å². The lowest BCUT2D eigenvalue weighted by molar-refractivity contribution is -0.172. The van der Waals surface area contributed by atoms with Crippen LogP contribution < -0.4 is 5.32 Å². The first-order valence-electron chi connectivity index (χ1n) is 11.3. The summed E-state index contributed by atoms with van der Waals surface area (Å²) in [5.74, 6) is -6.72. The highest BCUT2D eigenvalue weighted by atomic mass is 35.5. The highest BCUT2D eigenvalue weighted by molar-refractivity contribution is 7.92. The van der Waals surface area contributed by atoms with Crippen LogP contribution in [0.4, 0.5) is 18.9 Å². The van der Waals surface area contributed by atoms with Gasteiger partial charge in [-0.05, 0) is 62.6 Å². The van der Waals surface area contributed by atoms with Crippen molar-refractivity contribution in [3.05, 3.63) is 58.4 Å². The fourth-order valence-electron chi connectivity index (χ4n) is 5.54. The number of carbonyl (C=O) groups excluding carboxylic acids is 1. The van der Waals surface area contributed by atoms with Gasteiger partial charge >= 0.3 is 0 Å². The number of sulfone groups is 1. The molecule has 0 aliphatic heterocycles. The number of rotatable bonds is 6. The molecule has 2 aromatic rings. The number of halogens is 4. The molecule has 4 N–H and O–H groups in total. The van der Waals surface area contributed by atoms with Crippen molar-refractivity contribution in [3.63, 3.8) is 0 Å². The molecule has 2 aliphatic carbocycles. The maximum atomic E-state index is 13.6. The van der Waals surface area contributed by atoms with E-state index in [1.54, 1.807) is 0 Å². The van der Waals surface area contributed by atoms with Gasteiger partial charge in [-0.2, -0.15) is 0 Å². The van der Waals surface area contributed by atoms with Crippen LogP contribution in [0.25, 0.3) is 0 Å². The minimum Gasteiger partial charge on any atom is -0.391 e. The molecule has 196 valence electrons. The van der Waals surface area contributed by atoms with Crippen LogP contribution in [0.3, 0.4) is 0 Å². The van der Waals surface area contributed by atoms with Crippen molar-refractivity contribution < 1.29 is 41.7 Å². The predicted molar refractivity (Wildman–Crippen MR) is 125 cm³/mol. The number of aliphatic hydroxyl groups excluding tert-OH is 2. The Morgan fingerprint density at radius 1 is 1.08 bits per heavy atom. The van der Waals surface area contributed by atoms with Gasteiger partial charge in [-0.15, -0.1) is 0 Å². The number of amides is 1. The number of benzene rings is 2. The Morgan fingerprint density at radius 3 is 2.17 bits per heavy atom. The molecule has 2 bridgehead atoms. The van der Waals surface area contributed by atoms with Gasteiger partial charge in [-0.1, -0.05) is 11.6 Å². The molecule has 2 aromatic carbocycles. The summed E-state index contributed by atoms with van der Waals surface area (Å²) in [6.45, 7) is 1.36. The zero-order valence-electron chi connectivity index (χ0n) is 19.1. The number of hydrogen-bond acceptors (Lipinski definition) is 6. The third-order valence-corrected chi connectivity index (χ3v) is 10.0. The van der Waals surface area contributed by atoms with E-state index >= 15 is 0 Å². The van der Waals surface area contributed by atoms with Crippen LogP contribution in [0, 0.1) is 29.3 Å². The second-order valence-corrected chi connectivity index (χ2v) is 12.1. The molecule has 2 fully saturated rings. The Kier molecular flexibility index (Phi) is 7.17. The number of carbonyl (C=O) groups is 1. The monoisotopic (exact) mass is 547 g/mol. The van der Waals surface area contributed by atoms with Crippen molar-refractivity contribution >= 4 is 33.0 Å². The maximum absolute atomic E-state index is 13.6. The van der Waals surface area contributed by atoms with Crippen molar-refractivity contribution in [2.24, 2.45) is 11.8 Å². The topological polar surface area (TPSA) is 124 Å². The average Bonchev–Trinajstić information content (AvgIpc) is 2.98. The van der Waals surface area contributed by atoms with E-state index in [1.165, 1.54) is 19.1 Å². The molecule has 0 heterocycles. The SMILES string of the molecule is C[C@H](O)[C@@H](O)[C@@]1(O)[C@@H]2CC[C@H]1C[C@H](S(=O)(=O)c1cc(C(=O)Nc3cc(F)c(F)c(F)c3)ccc1Cl)C2. The summed E-state index contributed by atoms with van der Waals surface area (Å²) >= 11 is 6.19. The van der Waals surface area contributed by atoms with Crippen molar-refractivity contribution in [1.82, 2.24) is 0 Å². The molecule has 0 radical (unpaired) electrons. The molecule has 0 aromatic heterocycles. The summed E-state index contributed by atoms with van der Waals surface area (Å²) in [6, 6.07) is 4.67. The zero-order valence-corrected chi connectivity index (χ0v) is 20.7. The molecule has 6 atom stereocenters. The molecule has 7 nitrogen and oxygen atoms in total. The summed E-state index contributed by atoms with van der Waals surface area (Å²) in [4.78, 5) is 12.3. The Morgan fingerprint density at radius 2 is 1.64 bits per heavy atom. The molecule has 0 spiro atoms. The lowest BCUT2D eigenvalue weighted by Gasteiger charge is -2.46. The van der Waals surface area contributed by atoms with Gasteiger partial charge in [0, 0.05) is 23.4 Å². The first-order valence-corrected chi connectivity index (χ1v) is 13.3. The van der Waals surface area contributed by atoms with Crippen LogP contribution in [0.5, 0.6) is 0 Å². The molecule has 12 heteroatoms. The largest absolute Gasteiger partial charge is 0.391 e. The molecule has 2 aliphatic rings. The summed E-state index contributed by atoms with van der Waals surface area (Å²) in [5.41, 5.74) is -2.13. The third kappa shape index (κ3) is 4.51. The van der Waals surface area contributed by atoms with E-state index in [4.69, 9.17) is 11.6 Å². The number of aliphatic hydroxyl groups is 3. The summed E-state index contributed by atoms with van der Waals surface area (Å²) in [7, 11) is -4.10. The van der Waals surface area contributed by atoms with Gasteiger partial charge in [-0.25, -0.2) is 21.6 Å². The van der Waals surface area contributed by atoms with Crippen molar-refractivity contribution in [3.8, 4) is 0 Å². The molecule has 1 amide bonds. The minimum atomic E-state index is -4.10. The average molecular weight is 548 g/mol. The number of anilines is 1. The van der Waals surface area contributed by atoms with Crippen LogP contribution in [-0.2, 0) is 9.84 Å². The predicted octanol–water partition coefficient (Wildman–Crippen LogP) is 3.44.